The summed E-state index contributed by atoms with van der Waals surface area (Å²) in [5.74, 6) is 0.943. The number of rotatable bonds is 8. The standard InChI is InChI=1S/C26H48N4O2/c1-21-10-7-8-14-28(21)15-9-13-27-25(32)24(22-11-5-6-12-22)30-18-16-29(17-19-30)23(31)20-26(2,3)4/h21-22,24H,5-20H2,1-4H3,(H,27,32)/t21-,24-/m1/s1. The summed E-state index contributed by atoms with van der Waals surface area (Å²) in [6.45, 7) is 14.9. The lowest BCUT2D eigenvalue weighted by Crippen LogP contribution is -2.58. The van der Waals surface area contributed by atoms with Crippen molar-refractivity contribution in [1.82, 2.24) is 20.0 Å². The Morgan fingerprint density at radius 2 is 1.59 bits per heavy atom. The first-order valence-corrected chi connectivity index (χ1v) is 13.3. The molecule has 1 saturated carbocycles. The van der Waals surface area contributed by atoms with Crippen molar-refractivity contribution >= 4 is 11.8 Å². The highest BCUT2D eigenvalue weighted by Crippen LogP contribution is 2.31. The molecule has 3 aliphatic rings. The van der Waals surface area contributed by atoms with E-state index < -0.39 is 0 Å². The van der Waals surface area contributed by atoms with Gasteiger partial charge < -0.3 is 15.1 Å². The molecule has 1 N–H and O–H groups in total. The first kappa shape index (κ1) is 25.5. The average Bonchev–Trinajstić information content (AvgIpc) is 3.26. The second-order valence-electron chi connectivity index (χ2n) is 11.7. The Balaban J connectivity index is 1.48. The highest BCUT2D eigenvalue weighted by molar-refractivity contribution is 5.82. The van der Waals surface area contributed by atoms with Crippen molar-refractivity contribution in [2.75, 3.05) is 45.8 Å². The fraction of sp³-hybridized carbons (Fsp3) is 0.923. The zero-order valence-corrected chi connectivity index (χ0v) is 21.2. The van der Waals surface area contributed by atoms with Crippen molar-refractivity contribution in [1.29, 1.82) is 0 Å². The SMILES string of the molecule is C[C@@H]1CCCCN1CCCNC(=O)[C@@H](C1CCCC1)N1CCN(C(=O)CC(C)(C)C)CC1. The number of amides is 2. The van der Waals surface area contributed by atoms with Crippen LogP contribution < -0.4 is 5.32 Å². The smallest absolute Gasteiger partial charge is 0.237 e. The maximum absolute atomic E-state index is 13.3. The minimum atomic E-state index is -0.0220. The first-order valence-electron chi connectivity index (χ1n) is 13.3. The average molecular weight is 449 g/mol. The summed E-state index contributed by atoms with van der Waals surface area (Å²) in [7, 11) is 0. The minimum Gasteiger partial charge on any atom is -0.355 e. The summed E-state index contributed by atoms with van der Waals surface area (Å²) in [5, 5.41) is 3.29. The molecule has 0 aromatic rings. The molecule has 0 aromatic carbocycles. The second-order valence-corrected chi connectivity index (χ2v) is 11.7. The number of piperazine rings is 1. The highest BCUT2D eigenvalue weighted by Gasteiger charge is 2.37. The lowest BCUT2D eigenvalue weighted by atomic mass is 9.91. The van der Waals surface area contributed by atoms with E-state index in [0.717, 1.165) is 58.5 Å². The van der Waals surface area contributed by atoms with E-state index in [1.165, 1.54) is 38.6 Å². The maximum Gasteiger partial charge on any atom is 0.237 e. The van der Waals surface area contributed by atoms with E-state index in [2.05, 4.69) is 42.8 Å². The highest BCUT2D eigenvalue weighted by atomic mass is 16.2. The molecular weight excluding hydrogens is 400 g/mol. The summed E-state index contributed by atoms with van der Waals surface area (Å²) in [6, 6.07) is 0.661. The Morgan fingerprint density at radius 1 is 0.938 bits per heavy atom. The predicted octanol–water partition coefficient (Wildman–Crippen LogP) is 3.51. The van der Waals surface area contributed by atoms with Crippen molar-refractivity contribution < 1.29 is 9.59 Å². The van der Waals surface area contributed by atoms with E-state index >= 15 is 0 Å². The van der Waals surface area contributed by atoms with E-state index in [-0.39, 0.29) is 23.3 Å². The van der Waals surface area contributed by atoms with Crippen LogP contribution in [-0.4, -0.2) is 84.4 Å². The summed E-state index contributed by atoms with van der Waals surface area (Å²) in [5.41, 5.74) is 0.0203. The van der Waals surface area contributed by atoms with Crippen LogP contribution in [0.15, 0.2) is 0 Å². The van der Waals surface area contributed by atoms with Crippen LogP contribution in [0.3, 0.4) is 0 Å². The van der Waals surface area contributed by atoms with Crippen LogP contribution in [0.2, 0.25) is 0 Å². The van der Waals surface area contributed by atoms with Crippen LogP contribution in [-0.2, 0) is 9.59 Å². The Labute approximate surface area is 196 Å². The lowest BCUT2D eigenvalue weighted by Gasteiger charge is -2.41. The van der Waals surface area contributed by atoms with E-state index in [0.29, 0.717) is 18.4 Å². The molecule has 3 fully saturated rings. The van der Waals surface area contributed by atoms with E-state index in [1.54, 1.807) is 0 Å². The third kappa shape index (κ3) is 7.44. The van der Waals surface area contributed by atoms with Crippen molar-refractivity contribution in [3.8, 4) is 0 Å². The number of piperidine rings is 1. The Morgan fingerprint density at radius 3 is 2.22 bits per heavy atom. The van der Waals surface area contributed by atoms with Gasteiger partial charge in [-0.05, 0) is 56.9 Å². The lowest BCUT2D eigenvalue weighted by molar-refractivity contribution is -0.136. The van der Waals surface area contributed by atoms with Gasteiger partial charge in [-0.15, -0.1) is 0 Å². The van der Waals surface area contributed by atoms with Gasteiger partial charge in [0.15, 0.2) is 0 Å². The fourth-order valence-electron chi connectivity index (χ4n) is 5.85. The fourth-order valence-corrected chi connectivity index (χ4v) is 5.85. The molecular formula is C26H48N4O2. The van der Waals surface area contributed by atoms with Crippen molar-refractivity contribution in [3.63, 3.8) is 0 Å². The number of carbonyl (C=O) groups excluding carboxylic acids is 2. The summed E-state index contributed by atoms with van der Waals surface area (Å²) < 4.78 is 0. The summed E-state index contributed by atoms with van der Waals surface area (Å²) in [6.07, 6.45) is 10.4. The topological polar surface area (TPSA) is 55.9 Å². The van der Waals surface area contributed by atoms with Crippen molar-refractivity contribution in [2.45, 2.75) is 97.6 Å². The molecule has 6 heteroatoms. The molecule has 0 radical (unpaired) electrons. The molecule has 2 heterocycles. The van der Waals surface area contributed by atoms with Gasteiger partial charge in [-0.2, -0.15) is 0 Å². The number of carbonyl (C=O) groups is 2. The van der Waals surface area contributed by atoms with Gasteiger partial charge in [0.1, 0.15) is 0 Å². The third-order valence-corrected chi connectivity index (χ3v) is 7.72. The van der Waals surface area contributed by atoms with Crippen LogP contribution in [0.25, 0.3) is 0 Å². The van der Waals surface area contributed by atoms with Gasteiger partial charge in [0.2, 0.25) is 11.8 Å². The van der Waals surface area contributed by atoms with Crippen LogP contribution in [0.4, 0.5) is 0 Å². The Hall–Kier alpha value is -1.14. The summed E-state index contributed by atoms with van der Waals surface area (Å²) >= 11 is 0. The summed E-state index contributed by atoms with van der Waals surface area (Å²) in [4.78, 5) is 32.9. The monoisotopic (exact) mass is 448 g/mol. The molecule has 2 atom stereocenters. The maximum atomic E-state index is 13.3. The van der Waals surface area contributed by atoms with E-state index in [9.17, 15) is 9.59 Å². The first-order chi connectivity index (χ1) is 15.2. The van der Waals surface area contributed by atoms with E-state index in [4.69, 9.17) is 0 Å². The molecule has 2 aliphatic heterocycles. The molecule has 2 amide bonds. The Kier molecular flexibility index (Phi) is 9.42. The van der Waals surface area contributed by atoms with Crippen LogP contribution >= 0.6 is 0 Å². The van der Waals surface area contributed by atoms with Gasteiger partial charge in [-0.25, -0.2) is 0 Å². The molecule has 1 aliphatic carbocycles. The van der Waals surface area contributed by atoms with E-state index in [1.807, 2.05) is 4.90 Å². The number of nitrogens with zero attached hydrogens (tertiary/aromatic N) is 3. The predicted molar refractivity (Wildman–Crippen MR) is 130 cm³/mol. The van der Waals surface area contributed by atoms with Gasteiger partial charge in [-0.1, -0.05) is 40.0 Å². The van der Waals surface area contributed by atoms with Crippen molar-refractivity contribution in [2.24, 2.45) is 11.3 Å². The normalized spacial score (nSPS) is 25.1. The second kappa shape index (κ2) is 11.8. The number of nitrogens with one attached hydrogen (secondary N) is 1. The van der Waals surface area contributed by atoms with Gasteiger partial charge in [0.25, 0.3) is 0 Å². The minimum absolute atomic E-state index is 0.0203. The Bertz CT molecular complexity index is 603. The molecule has 0 unspecified atom stereocenters. The molecule has 6 nitrogen and oxygen atoms in total. The zero-order chi connectivity index (χ0) is 23.1. The van der Waals surface area contributed by atoms with Crippen LogP contribution in [0, 0.1) is 11.3 Å². The van der Waals surface area contributed by atoms with Crippen LogP contribution in [0.1, 0.15) is 85.5 Å². The molecule has 2 saturated heterocycles. The molecule has 0 bridgehead atoms. The third-order valence-electron chi connectivity index (χ3n) is 7.72. The van der Waals surface area contributed by atoms with Gasteiger partial charge in [0.05, 0.1) is 6.04 Å². The molecule has 32 heavy (non-hydrogen) atoms. The molecule has 184 valence electrons. The molecule has 3 rings (SSSR count). The number of hydrogen-bond donors (Lipinski definition) is 1. The van der Waals surface area contributed by atoms with Crippen LogP contribution in [0.5, 0.6) is 0 Å². The number of likely N-dealkylation sites (tertiary alicyclic amines) is 1. The largest absolute Gasteiger partial charge is 0.355 e. The van der Waals surface area contributed by atoms with Gasteiger partial charge in [-0.3, -0.25) is 14.5 Å². The van der Waals surface area contributed by atoms with Gasteiger partial charge in [0, 0.05) is 51.7 Å². The molecule has 0 spiro atoms. The number of hydrogen-bond acceptors (Lipinski definition) is 4. The molecule has 0 aromatic heterocycles. The zero-order valence-electron chi connectivity index (χ0n) is 21.2. The van der Waals surface area contributed by atoms with Gasteiger partial charge >= 0.3 is 0 Å². The quantitative estimate of drug-likeness (QED) is 0.578. The van der Waals surface area contributed by atoms with Crippen molar-refractivity contribution in [3.05, 3.63) is 0 Å².